The van der Waals surface area contributed by atoms with Gasteiger partial charge >= 0.3 is 0 Å². The highest BCUT2D eigenvalue weighted by atomic mass is 32.1. The Labute approximate surface area is 168 Å². The number of hydrogen-bond donors (Lipinski definition) is 2. The molecule has 0 aliphatic rings. The van der Waals surface area contributed by atoms with Gasteiger partial charge in [0.2, 0.25) is 5.91 Å². The van der Waals surface area contributed by atoms with E-state index in [1.54, 1.807) is 24.3 Å². The van der Waals surface area contributed by atoms with Gasteiger partial charge in [0.1, 0.15) is 12.3 Å². The fourth-order valence-corrected chi connectivity index (χ4v) is 3.75. The van der Waals surface area contributed by atoms with E-state index in [0.717, 1.165) is 23.3 Å². The summed E-state index contributed by atoms with van der Waals surface area (Å²) in [5.41, 5.74) is 2.69. The molecule has 0 saturated heterocycles. The van der Waals surface area contributed by atoms with Gasteiger partial charge in [0.05, 0.1) is 17.9 Å². The Kier molecular flexibility index (Phi) is 6.66. The van der Waals surface area contributed by atoms with Crippen LogP contribution in [0.5, 0.6) is 0 Å². The van der Waals surface area contributed by atoms with Crippen molar-refractivity contribution in [3.63, 3.8) is 0 Å². The number of rotatable bonds is 8. The quantitative estimate of drug-likeness (QED) is 0.596. The maximum atomic E-state index is 12.8. The second kappa shape index (κ2) is 9.37. The van der Waals surface area contributed by atoms with Gasteiger partial charge in [0.15, 0.2) is 0 Å². The van der Waals surface area contributed by atoms with E-state index < -0.39 is 6.04 Å². The molecule has 2 aromatic heterocycles. The van der Waals surface area contributed by atoms with Crippen molar-refractivity contribution in [1.82, 2.24) is 10.6 Å². The molecule has 3 rings (SSSR count). The van der Waals surface area contributed by atoms with Crippen LogP contribution in [0.15, 0.2) is 64.8 Å². The number of thiophene rings is 1. The standard InChI is InChI=1S/C22H24N2O3S/c1-3-5-16-7-9-17(10-8-16)20(19-6-4-13-28-19)24-21(25)15(2)23-22(26)18-11-12-27-14-18/h4,6-15,20H,3,5H2,1-2H3,(H,23,26)(H,24,25)/t15-,20+/m1/s1. The van der Waals surface area contributed by atoms with Crippen LogP contribution in [0.3, 0.4) is 0 Å². The summed E-state index contributed by atoms with van der Waals surface area (Å²) in [5.74, 6) is -0.583. The van der Waals surface area contributed by atoms with E-state index >= 15 is 0 Å². The van der Waals surface area contributed by atoms with Gasteiger partial charge in [-0.25, -0.2) is 0 Å². The maximum Gasteiger partial charge on any atom is 0.255 e. The van der Waals surface area contributed by atoms with Crippen LogP contribution in [0, 0.1) is 0 Å². The zero-order chi connectivity index (χ0) is 19.9. The van der Waals surface area contributed by atoms with Crippen molar-refractivity contribution in [2.45, 2.75) is 38.8 Å². The summed E-state index contributed by atoms with van der Waals surface area (Å²) in [6, 6.07) is 12.9. The van der Waals surface area contributed by atoms with Crippen LogP contribution < -0.4 is 10.6 Å². The molecule has 0 fully saturated rings. The highest BCUT2D eigenvalue weighted by Gasteiger charge is 2.23. The van der Waals surface area contributed by atoms with E-state index in [-0.39, 0.29) is 17.9 Å². The van der Waals surface area contributed by atoms with Crippen molar-refractivity contribution in [2.75, 3.05) is 0 Å². The van der Waals surface area contributed by atoms with Crippen LogP contribution in [-0.4, -0.2) is 17.9 Å². The zero-order valence-electron chi connectivity index (χ0n) is 16.0. The molecule has 6 heteroatoms. The van der Waals surface area contributed by atoms with Crippen LogP contribution in [0.25, 0.3) is 0 Å². The molecule has 5 nitrogen and oxygen atoms in total. The van der Waals surface area contributed by atoms with E-state index in [4.69, 9.17) is 4.42 Å². The molecule has 2 atom stereocenters. The van der Waals surface area contributed by atoms with Crippen LogP contribution in [0.1, 0.15) is 52.7 Å². The van der Waals surface area contributed by atoms with E-state index in [9.17, 15) is 9.59 Å². The van der Waals surface area contributed by atoms with Gasteiger partial charge in [-0.05, 0) is 42.0 Å². The molecule has 0 saturated carbocycles. The second-order valence-corrected chi connectivity index (χ2v) is 7.64. The van der Waals surface area contributed by atoms with Crippen LogP contribution >= 0.6 is 11.3 Å². The lowest BCUT2D eigenvalue weighted by molar-refractivity contribution is -0.123. The third-order valence-electron chi connectivity index (χ3n) is 4.49. The summed E-state index contributed by atoms with van der Waals surface area (Å²) in [6.45, 7) is 3.82. The molecule has 2 amide bonds. The van der Waals surface area contributed by atoms with Crippen LogP contribution in [0.4, 0.5) is 0 Å². The summed E-state index contributed by atoms with van der Waals surface area (Å²) in [7, 11) is 0. The first-order chi connectivity index (χ1) is 13.6. The summed E-state index contributed by atoms with van der Waals surface area (Å²) in [5, 5.41) is 7.76. The van der Waals surface area contributed by atoms with Gasteiger partial charge < -0.3 is 15.1 Å². The van der Waals surface area contributed by atoms with Gasteiger partial charge in [-0.1, -0.05) is 43.7 Å². The average Bonchev–Trinajstić information content (AvgIpc) is 3.41. The first-order valence-electron chi connectivity index (χ1n) is 9.34. The van der Waals surface area contributed by atoms with Crippen molar-refractivity contribution < 1.29 is 14.0 Å². The molecule has 0 aliphatic carbocycles. The zero-order valence-corrected chi connectivity index (χ0v) is 16.8. The number of amides is 2. The molecule has 28 heavy (non-hydrogen) atoms. The number of hydrogen-bond acceptors (Lipinski definition) is 4. The van der Waals surface area contributed by atoms with Crippen molar-refractivity contribution in [2.24, 2.45) is 0 Å². The fourth-order valence-electron chi connectivity index (χ4n) is 2.95. The fraction of sp³-hybridized carbons (Fsp3) is 0.273. The SMILES string of the molecule is CCCc1ccc([C@H](NC(=O)[C@@H](C)NC(=O)c2ccoc2)c2cccs2)cc1. The molecule has 0 radical (unpaired) electrons. The summed E-state index contributed by atoms with van der Waals surface area (Å²) in [4.78, 5) is 26.0. The Balaban J connectivity index is 1.72. The Morgan fingerprint density at radius 2 is 1.89 bits per heavy atom. The molecule has 2 heterocycles. The second-order valence-electron chi connectivity index (χ2n) is 6.66. The summed E-state index contributed by atoms with van der Waals surface area (Å²) < 4.78 is 4.92. The van der Waals surface area contributed by atoms with Crippen molar-refractivity contribution in [3.8, 4) is 0 Å². The number of aryl methyl sites for hydroxylation is 1. The Morgan fingerprint density at radius 3 is 2.50 bits per heavy atom. The third-order valence-corrected chi connectivity index (χ3v) is 5.43. The number of carbonyl (C=O) groups is 2. The normalized spacial score (nSPS) is 12.9. The minimum absolute atomic E-state index is 0.243. The lowest BCUT2D eigenvalue weighted by Crippen LogP contribution is -2.45. The van der Waals surface area contributed by atoms with E-state index in [1.165, 1.54) is 18.1 Å². The Morgan fingerprint density at radius 1 is 1.11 bits per heavy atom. The summed E-state index contributed by atoms with van der Waals surface area (Å²) >= 11 is 1.59. The van der Waals surface area contributed by atoms with E-state index in [0.29, 0.717) is 5.56 Å². The monoisotopic (exact) mass is 396 g/mol. The van der Waals surface area contributed by atoms with E-state index in [2.05, 4.69) is 41.8 Å². The molecule has 1 aromatic carbocycles. The van der Waals surface area contributed by atoms with Gasteiger partial charge in [-0.15, -0.1) is 11.3 Å². The maximum absolute atomic E-state index is 12.8. The Bertz CT molecular complexity index is 887. The highest BCUT2D eigenvalue weighted by Crippen LogP contribution is 2.26. The van der Waals surface area contributed by atoms with Crippen molar-refractivity contribution in [1.29, 1.82) is 0 Å². The molecule has 0 spiro atoms. The minimum atomic E-state index is -0.677. The first-order valence-corrected chi connectivity index (χ1v) is 10.2. The smallest absolute Gasteiger partial charge is 0.255 e. The molecule has 0 aliphatic heterocycles. The number of carbonyl (C=O) groups excluding carboxylic acids is 2. The first kappa shape index (κ1) is 19.9. The predicted molar refractivity (Wildman–Crippen MR) is 110 cm³/mol. The van der Waals surface area contributed by atoms with Crippen LogP contribution in [-0.2, 0) is 11.2 Å². The molecule has 0 unspecified atom stereocenters. The average molecular weight is 397 g/mol. The highest BCUT2D eigenvalue weighted by molar-refractivity contribution is 7.10. The molecule has 3 aromatic rings. The molecule has 146 valence electrons. The lowest BCUT2D eigenvalue weighted by Gasteiger charge is -2.21. The molecular formula is C22H24N2O3S. The van der Waals surface area contributed by atoms with E-state index in [1.807, 2.05) is 17.5 Å². The number of benzene rings is 1. The van der Waals surface area contributed by atoms with Gasteiger partial charge in [-0.2, -0.15) is 0 Å². The van der Waals surface area contributed by atoms with Gasteiger partial charge in [-0.3, -0.25) is 9.59 Å². The third kappa shape index (κ3) is 4.89. The molecular weight excluding hydrogens is 372 g/mol. The van der Waals surface area contributed by atoms with Crippen molar-refractivity contribution >= 4 is 23.2 Å². The molecule has 0 bridgehead atoms. The Hall–Kier alpha value is -2.86. The summed E-state index contributed by atoms with van der Waals surface area (Å²) in [6.07, 6.45) is 4.91. The van der Waals surface area contributed by atoms with Crippen LogP contribution in [0.2, 0.25) is 0 Å². The van der Waals surface area contributed by atoms with Crippen molar-refractivity contribution in [3.05, 3.63) is 81.9 Å². The van der Waals surface area contributed by atoms with Gasteiger partial charge in [0.25, 0.3) is 5.91 Å². The number of furan rings is 1. The lowest BCUT2D eigenvalue weighted by atomic mass is 10.0. The largest absolute Gasteiger partial charge is 0.472 e. The minimum Gasteiger partial charge on any atom is -0.472 e. The predicted octanol–water partition coefficient (Wildman–Crippen LogP) is 4.32. The van der Waals surface area contributed by atoms with Gasteiger partial charge in [0, 0.05) is 4.88 Å². The number of nitrogens with one attached hydrogen (secondary N) is 2. The molecule has 2 N–H and O–H groups in total. The topological polar surface area (TPSA) is 71.3 Å².